The predicted molar refractivity (Wildman–Crippen MR) is 115 cm³/mol. The molecule has 0 spiro atoms. The molecule has 1 aliphatic heterocycles. The first-order valence-electron chi connectivity index (χ1n) is 10.0. The van der Waals surface area contributed by atoms with E-state index in [4.69, 9.17) is 0 Å². The third-order valence-electron chi connectivity index (χ3n) is 5.86. The number of nitrogens with zero attached hydrogens (tertiary/aromatic N) is 4. The predicted octanol–water partition coefficient (Wildman–Crippen LogP) is 3.53. The Labute approximate surface area is 175 Å². The highest BCUT2D eigenvalue weighted by atomic mass is 32.2. The van der Waals surface area contributed by atoms with E-state index >= 15 is 0 Å². The quantitative estimate of drug-likeness (QED) is 0.534. The average molecular weight is 422 g/mol. The van der Waals surface area contributed by atoms with Crippen LogP contribution in [0.2, 0.25) is 0 Å². The van der Waals surface area contributed by atoms with Crippen molar-refractivity contribution in [1.29, 1.82) is 0 Å². The fourth-order valence-electron chi connectivity index (χ4n) is 4.38. The number of benzene rings is 2. The fourth-order valence-corrected chi connectivity index (χ4v) is 6.12. The van der Waals surface area contributed by atoms with Crippen LogP contribution in [0.4, 0.5) is 0 Å². The van der Waals surface area contributed by atoms with Crippen LogP contribution in [0.3, 0.4) is 0 Å². The summed E-state index contributed by atoms with van der Waals surface area (Å²) in [5, 5.41) is 6.84. The Bertz CT molecular complexity index is 1270. The second kappa shape index (κ2) is 7.37. The van der Waals surface area contributed by atoms with Gasteiger partial charge < -0.3 is 4.57 Å². The highest BCUT2D eigenvalue weighted by molar-refractivity contribution is 7.89. The van der Waals surface area contributed by atoms with E-state index in [1.54, 1.807) is 34.8 Å². The van der Waals surface area contributed by atoms with Crippen molar-refractivity contribution in [2.24, 2.45) is 5.92 Å². The Hall–Kier alpha value is -2.97. The topological polar surface area (TPSA) is 83.9 Å². The van der Waals surface area contributed by atoms with Crippen LogP contribution in [-0.4, -0.2) is 45.1 Å². The Kier molecular flexibility index (Phi) is 4.67. The van der Waals surface area contributed by atoms with E-state index in [1.807, 2.05) is 25.5 Å². The first-order valence-corrected chi connectivity index (χ1v) is 11.5. The Morgan fingerprint density at radius 2 is 1.97 bits per heavy atom. The van der Waals surface area contributed by atoms with Crippen molar-refractivity contribution in [3.8, 4) is 11.1 Å². The largest absolute Gasteiger partial charge is 0.330 e. The monoisotopic (exact) mass is 421 g/mol. The van der Waals surface area contributed by atoms with Gasteiger partial charge in [0.05, 0.1) is 28.5 Å². The maximum atomic E-state index is 13.1. The van der Waals surface area contributed by atoms with Crippen LogP contribution in [0.25, 0.3) is 22.2 Å². The summed E-state index contributed by atoms with van der Waals surface area (Å²) in [5.41, 5.74) is 4.07. The number of sulfonamides is 1. The van der Waals surface area contributed by atoms with Gasteiger partial charge in [0, 0.05) is 30.9 Å². The lowest BCUT2D eigenvalue weighted by Gasteiger charge is -2.21. The molecule has 2 atom stereocenters. The molecule has 0 bridgehead atoms. The standard InChI is InChI=1S/C22H23N5O2S/c1-16-9-17(14-27(16)30(28,29)20-5-3-2-4-6-20)13-26-15-23-21-10-18(7-8-22(21)26)19-11-24-25-12-19/h2-8,10-12,15-17H,9,13-14H2,1H3,(H,24,25)/t16-,17?/m0/s1. The molecular weight excluding hydrogens is 398 g/mol. The summed E-state index contributed by atoms with van der Waals surface area (Å²) in [6.45, 7) is 3.25. The fraction of sp³-hybridized carbons (Fsp3) is 0.273. The van der Waals surface area contributed by atoms with Gasteiger partial charge in [-0.3, -0.25) is 5.10 Å². The molecule has 2 aromatic carbocycles. The Morgan fingerprint density at radius 3 is 2.73 bits per heavy atom. The summed E-state index contributed by atoms with van der Waals surface area (Å²) < 4.78 is 29.9. The second-order valence-corrected chi connectivity index (χ2v) is 9.82. The number of hydrogen-bond acceptors (Lipinski definition) is 4. The normalized spacial score (nSPS) is 20.2. The van der Waals surface area contributed by atoms with Crippen molar-refractivity contribution in [2.45, 2.75) is 30.8 Å². The van der Waals surface area contributed by atoms with E-state index in [2.05, 4.69) is 37.9 Å². The van der Waals surface area contributed by atoms with Crippen LogP contribution in [0.5, 0.6) is 0 Å². The first kappa shape index (κ1) is 19.0. The molecule has 1 saturated heterocycles. The minimum Gasteiger partial charge on any atom is -0.330 e. The molecular formula is C22H23N5O2S. The molecule has 154 valence electrons. The molecule has 8 heteroatoms. The lowest BCUT2D eigenvalue weighted by Crippen LogP contribution is -2.34. The van der Waals surface area contributed by atoms with E-state index in [0.29, 0.717) is 11.4 Å². The molecule has 5 rings (SSSR count). The third-order valence-corrected chi connectivity index (χ3v) is 7.86. The summed E-state index contributed by atoms with van der Waals surface area (Å²) >= 11 is 0. The van der Waals surface area contributed by atoms with Gasteiger partial charge in [-0.25, -0.2) is 13.4 Å². The van der Waals surface area contributed by atoms with Crippen LogP contribution >= 0.6 is 0 Å². The number of H-pyrrole nitrogens is 1. The van der Waals surface area contributed by atoms with Crippen LogP contribution in [0, 0.1) is 5.92 Å². The summed E-state index contributed by atoms with van der Waals surface area (Å²) in [4.78, 5) is 4.92. The average Bonchev–Trinajstić information content (AvgIpc) is 3.49. The van der Waals surface area contributed by atoms with Crippen molar-refractivity contribution in [2.75, 3.05) is 6.54 Å². The highest BCUT2D eigenvalue weighted by Gasteiger charge is 2.37. The lowest BCUT2D eigenvalue weighted by molar-refractivity contribution is 0.399. The number of imidazole rings is 1. The zero-order valence-corrected chi connectivity index (χ0v) is 17.5. The van der Waals surface area contributed by atoms with Gasteiger partial charge in [-0.15, -0.1) is 0 Å². The summed E-state index contributed by atoms with van der Waals surface area (Å²) in [6, 6.07) is 14.9. The first-order chi connectivity index (χ1) is 14.5. The highest BCUT2D eigenvalue weighted by Crippen LogP contribution is 2.31. The number of hydrogen-bond donors (Lipinski definition) is 1. The van der Waals surface area contributed by atoms with Gasteiger partial charge in [0.1, 0.15) is 0 Å². The van der Waals surface area contributed by atoms with Crippen molar-refractivity contribution in [3.63, 3.8) is 0 Å². The minimum atomic E-state index is -3.47. The van der Waals surface area contributed by atoms with Crippen molar-refractivity contribution in [1.82, 2.24) is 24.1 Å². The van der Waals surface area contributed by atoms with Crippen LogP contribution in [-0.2, 0) is 16.6 Å². The summed E-state index contributed by atoms with van der Waals surface area (Å²) in [7, 11) is -3.47. The van der Waals surface area contributed by atoms with E-state index in [9.17, 15) is 8.42 Å². The number of nitrogens with one attached hydrogen (secondary N) is 1. The van der Waals surface area contributed by atoms with Crippen LogP contribution < -0.4 is 0 Å². The smallest absolute Gasteiger partial charge is 0.243 e. The third kappa shape index (κ3) is 3.32. The number of aromatic nitrogens is 4. The van der Waals surface area contributed by atoms with Gasteiger partial charge in [-0.2, -0.15) is 9.40 Å². The molecule has 1 N–H and O–H groups in total. The SMILES string of the molecule is C[C@H]1CC(Cn2cnc3cc(-c4cn[nH]c4)ccc32)CN1S(=O)(=O)c1ccccc1. The zero-order chi connectivity index (χ0) is 20.7. The second-order valence-electron chi connectivity index (χ2n) is 7.93. The van der Waals surface area contributed by atoms with E-state index in [-0.39, 0.29) is 12.0 Å². The van der Waals surface area contributed by atoms with Gasteiger partial charge in [-0.1, -0.05) is 24.3 Å². The number of aromatic amines is 1. The molecule has 1 aliphatic rings. The minimum absolute atomic E-state index is 0.0253. The van der Waals surface area contributed by atoms with Crippen molar-refractivity contribution >= 4 is 21.1 Å². The van der Waals surface area contributed by atoms with Gasteiger partial charge in [0.15, 0.2) is 0 Å². The Balaban J connectivity index is 1.36. The molecule has 0 amide bonds. The molecule has 4 aromatic rings. The molecule has 1 unspecified atom stereocenters. The van der Waals surface area contributed by atoms with Crippen molar-refractivity contribution < 1.29 is 8.42 Å². The van der Waals surface area contributed by atoms with Gasteiger partial charge in [0.2, 0.25) is 10.0 Å². The van der Waals surface area contributed by atoms with Crippen LogP contribution in [0.1, 0.15) is 13.3 Å². The molecule has 7 nitrogen and oxygen atoms in total. The molecule has 0 saturated carbocycles. The van der Waals surface area contributed by atoms with Crippen molar-refractivity contribution in [3.05, 3.63) is 67.3 Å². The lowest BCUT2D eigenvalue weighted by atomic mass is 10.1. The van der Waals surface area contributed by atoms with E-state index < -0.39 is 10.0 Å². The summed E-state index contributed by atoms with van der Waals surface area (Å²) in [6.07, 6.45) is 6.33. The van der Waals surface area contributed by atoms with E-state index in [0.717, 1.165) is 35.1 Å². The van der Waals surface area contributed by atoms with Gasteiger partial charge in [-0.05, 0) is 49.1 Å². The van der Waals surface area contributed by atoms with Gasteiger partial charge >= 0.3 is 0 Å². The maximum absolute atomic E-state index is 13.1. The molecule has 3 heterocycles. The molecule has 30 heavy (non-hydrogen) atoms. The molecule has 1 fully saturated rings. The number of rotatable bonds is 5. The van der Waals surface area contributed by atoms with Crippen LogP contribution in [0.15, 0.2) is 72.1 Å². The van der Waals surface area contributed by atoms with Gasteiger partial charge in [0.25, 0.3) is 0 Å². The summed E-state index contributed by atoms with van der Waals surface area (Å²) in [5.74, 6) is 0.240. The maximum Gasteiger partial charge on any atom is 0.243 e. The Morgan fingerprint density at radius 1 is 1.13 bits per heavy atom. The number of fused-ring (bicyclic) bond motifs is 1. The molecule has 2 aromatic heterocycles. The molecule has 0 radical (unpaired) electrons. The zero-order valence-electron chi connectivity index (χ0n) is 16.6. The molecule has 0 aliphatic carbocycles. The van der Waals surface area contributed by atoms with E-state index in [1.165, 1.54) is 0 Å².